The minimum atomic E-state index is -0.242. The van der Waals surface area contributed by atoms with Crippen molar-refractivity contribution in [3.8, 4) is 0 Å². The summed E-state index contributed by atoms with van der Waals surface area (Å²) in [6.45, 7) is 4.41. The topological polar surface area (TPSA) is 12.9 Å². The molecule has 0 aliphatic carbocycles. The van der Waals surface area contributed by atoms with Crippen LogP contribution in [-0.2, 0) is 0 Å². The highest BCUT2D eigenvalue weighted by Crippen LogP contribution is 2.26. The summed E-state index contributed by atoms with van der Waals surface area (Å²) in [6, 6.07) is 3.36. The van der Waals surface area contributed by atoms with Crippen molar-refractivity contribution in [1.29, 1.82) is 0 Å². The quantitative estimate of drug-likeness (QED) is 0.653. The number of hydrogen-bond acceptors (Lipinski definition) is 1. The Kier molecular flexibility index (Phi) is 6.05. The maximum absolute atomic E-state index is 12.8. The predicted octanol–water partition coefficient (Wildman–Crippen LogP) is 4.68. The summed E-state index contributed by atoms with van der Waals surface area (Å²) in [4.78, 5) is 4.21. The Bertz CT molecular complexity index is 273. The third-order valence-corrected chi connectivity index (χ3v) is 2.98. The van der Waals surface area contributed by atoms with Crippen LogP contribution in [0.3, 0.4) is 0 Å². The molecule has 0 aromatic carbocycles. The largest absolute Gasteiger partial charge is 0.258 e. The first-order valence-electron chi connectivity index (χ1n) is 6.39. The van der Waals surface area contributed by atoms with E-state index >= 15 is 0 Å². The molecule has 0 N–H and O–H groups in total. The zero-order valence-electron chi connectivity index (χ0n) is 10.4. The van der Waals surface area contributed by atoms with Gasteiger partial charge in [0.15, 0.2) is 0 Å². The Balaban J connectivity index is 2.62. The van der Waals surface area contributed by atoms with Crippen molar-refractivity contribution in [2.45, 2.75) is 58.3 Å². The minimum Gasteiger partial charge on any atom is -0.258 e. The van der Waals surface area contributed by atoms with Gasteiger partial charge in [0, 0.05) is 11.6 Å². The number of aromatic nitrogens is 1. The van der Waals surface area contributed by atoms with Gasteiger partial charge in [0.2, 0.25) is 0 Å². The van der Waals surface area contributed by atoms with Gasteiger partial charge in [-0.15, -0.1) is 0 Å². The molecule has 0 aliphatic rings. The Morgan fingerprint density at radius 3 is 2.19 bits per heavy atom. The molecule has 1 heterocycles. The van der Waals surface area contributed by atoms with E-state index < -0.39 is 0 Å². The standard InChI is InChI=1S/C14H22FN/c1-3-5-7-12(8-6-4-2)14-10-9-13(15)11-16-14/h9-12H,3-8H2,1-2H3. The molecule has 2 heteroatoms. The highest BCUT2D eigenvalue weighted by molar-refractivity contribution is 5.10. The van der Waals surface area contributed by atoms with Gasteiger partial charge in [-0.25, -0.2) is 4.39 Å². The van der Waals surface area contributed by atoms with Crippen LogP contribution in [0.4, 0.5) is 4.39 Å². The Hall–Kier alpha value is -0.920. The third kappa shape index (κ3) is 4.30. The van der Waals surface area contributed by atoms with Crippen molar-refractivity contribution in [2.75, 3.05) is 0 Å². The highest BCUT2D eigenvalue weighted by atomic mass is 19.1. The summed E-state index contributed by atoms with van der Waals surface area (Å²) >= 11 is 0. The molecule has 0 aliphatic heterocycles. The van der Waals surface area contributed by atoms with E-state index in [1.165, 1.54) is 50.8 Å². The van der Waals surface area contributed by atoms with Crippen LogP contribution in [0.2, 0.25) is 0 Å². The monoisotopic (exact) mass is 223 g/mol. The van der Waals surface area contributed by atoms with Gasteiger partial charge >= 0.3 is 0 Å². The summed E-state index contributed by atoms with van der Waals surface area (Å²) in [5, 5.41) is 0. The van der Waals surface area contributed by atoms with Gasteiger partial charge in [0.25, 0.3) is 0 Å². The molecule has 0 radical (unpaired) electrons. The average Bonchev–Trinajstić information content (AvgIpc) is 2.31. The molecule has 0 spiro atoms. The van der Waals surface area contributed by atoms with Crippen LogP contribution >= 0.6 is 0 Å². The Labute approximate surface area is 98.1 Å². The summed E-state index contributed by atoms with van der Waals surface area (Å²) < 4.78 is 12.8. The van der Waals surface area contributed by atoms with Gasteiger partial charge < -0.3 is 0 Å². The van der Waals surface area contributed by atoms with Crippen LogP contribution in [0.15, 0.2) is 18.3 Å². The smallest absolute Gasteiger partial charge is 0.141 e. The van der Waals surface area contributed by atoms with Crippen molar-refractivity contribution in [1.82, 2.24) is 4.98 Å². The summed E-state index contributed by atoms with van der Waals surface area (Å²) in [6.07, 6.45) is 8.57. The lowest BCUT2D eigenvalue weighted by molar-refractivity contribution is 0.512. The Morgan fingerprint density at radius 2 is 1.75 bits per heavy atom. The SMILES string of the molecule is CCCCC(CCCC)c1ccc(F)cn1. The maximum Gasteiger partial charge on any atom is 0.141 e. The van der Waals surface area contributed by atoms with Crippen LogP contribution in [0.25, 0.3) is 0 Å². The normalized spacial score (nSPS) is 11.0. The second-order valence-corrected chi connectivity index (χ2v) is 4.38. The molecule has 16 heavy (non-hydrogen) atoms. The molecule has 0 saturated carbocycles. The van der Waals surface area contributed by atoms with Crippen molar-refractivity contribution in [2.24, 2.45) is 0 Å². The average molecular weight is 223 g/mol. The molecule has 90 valence electrons. The molecule has 0 atom stereocenters. The molecule has 0 amide bonds. The fourth-order valence-corrected chi connectivity index (χ4v) is 1.97. The molecule has 0 bridgehead atoms. The van der Waals surface area contributed by atoms with Crippen LogP contribution in [0.5, 0.6) is 0 Å². The second kappa shape index (κ2) is 7.37. The van der Waals surface area contributed by atoms with E-state index in [-0.39, 0.29) is 5.82 Å². The zero-order valence-corrected chi connectivity index (χ0v) is 10.4. The van der Waals surface area contributed by atoms with E-state index in [0.29, 0.717) is 5.92 Å². The van der Waals surface area contributed by atoms with Gasteiger partial charge in [-0.3, -0.25) is 4.98 Å². The fraction of sp³-hybridized carbons (Fsp3) is 0.643. The molecule has 1 nitrogen and oxygen atoms in total. The Morgan fingerprint density at radius 1 is 1.12 bits per heavy atom. The first kappa shape index (κ1) is 13.1. The van der Waals surface area contributed by atoms with Crippen molar-refractivity contribution in [3.63, 3.8) is 0 Å². The van der Waals surface area contributed by atoms with E-state index in [4.69, 9.17) is 0 Å². The number of halogens is 1. The molecule has 0 unspecified atom stereocenters. The molecule has 0 saturated heterocycles. The lowest BCUT2D eigenvalue weighted by Crippen LogP contribution is -2.02. The number of pyridine rings is 1. The number of rotatable bonds is 7. The zero-order chi connectivity index (χ0) is 11.8. The minimum absolute atomic E-state index is 0.242. The van der Waals surface area contributed by atoms with Gasteiger partial charge in [-0.05, 0) is 25.0 Å². The first-order valence-corrected chi connectivity index (χ1v) is 6.39. The number of unbranched alkanes of at least 4 members (excludes halogenated alkanes) is 2. The van der Waals surface area contributed by atoms with Crippen LogP contribution < -0.4 is 0 Å². The maximum atomic E-state index is 12.8. The number of hydrogen-bond donors (Lipinski definition) is 0. The molecule has 1 aromatic rings. The van der Waals surface area contributed by atoms with E-state index in [1.807, 2.05) is 6.07 Å². The van der Waals surface area contributed by atoms with Gasteiger partial charge in [-0.1, -0.05) is 39.5 Å². The second-order valence-electron chi connectivity index (χ2n) is 4.38. The molecular formula is C14H22FN. The fourth-order valence-electron chi connectivity index (χ4n) is 1.97. The summed E-state index contributed by atoms with van der Waals surface area (Å²) in [5.74, 6) is 0.272. The van der Waals surface area contributed by atoms with Crippen LogP contribution in [0, 0.1) is 5.82 Å². The number of nitrogens with zero attached hydrogens (tertiary/aromatic N) is 1. The lowest BCUT2D eigenvalue weighted by atomic mass is 9.92. The lowest BCUT2D eigenvalue weighted by Gasteiger charge is -2.15. The van der Waals surface area contributed by atoms with Gasteiger partial charge in [0.05, 0.1) is 6.20 Å². The van der Waals surface area contributed by atoms with E-state index in [1.54, 1.807) is 0 Å². The van der Waals surface area contributed by atoms with Crippen molar-refractivity contribution >= 4 is 0 Å². The van der Waals surface area contributed by atoms with E-state index in [0.717, 1.165) is 5.69 Å². The van der Waals surface area contributed by atoms with Crippen molar-refractivity contribution in [3.05, 3.63) is 29.8 Å². The highest BCUT2D eigenvalue weighted by Gasteiger charge is 2.11. The summed E-state index contributed by atoms with van der Waals surface area (Å²) in [5.41, 5.74) is 1.06. The molecular weight excluding hydrogens is 201 g/mol. The molecule has 1 rings (SSSR count). The molecule has 0 fully saturated rings. The predicted molar refractivity (Wildman–Crippen MR) is 66.0 cm³/mol. The third-order valence-electron chi connectivity index (χ3n) is 2.98. The first-order chi connectivity index (χ1) is 7.77. The van der Waals surface area contributed by atoms with E-state index in [2.05, 4.69) is 18.8 Å². The van der Waals surface area contributed by atoms with E-state index in [9.17, 15) is 4.39 Å². The molecule has 1 aromatic heterocycles. The van der Waals surface area contributed by atoms with Crippen LogP contribution in [0.1, 0.15) is 64.0 Å². The summed E-state index contributed by atoms with van der Waals surface area (Å²) in [7, 11) is 0. The van der Waals surface area contributed by atoms with Crippen molar-refractivity contribution < 1.29 is 4.39 Å². The van der Waals surface area contributed by atoms with Gasteiger partial charge in [0.1, 0.15) is 5.82 Å². The van der Waals surface area contributed by atoms with Crippen LogP contribution in [-0.4, -0.2) is 4.98 Å². The van der Waals surface area contributed by atoms with Gasteiger partial charge in [-0.2, -0.15) is 0 Å².